The molecule has 0 saturated heterocycles. The summed E-state index contributed by atoms with van der Waals surface area (Å²) in [4.78, 5) is 20.2. The van der Waals surface area contributed by atoms with Crippen molar-refractivity contribution in [3.63, 3.8) is 0 Å². The summed E-state index contributed by atoms with van der Waals surface area (Å²) in [6, 6.07) is 5.04. The van der Waals surface area contributed by atoms with Crippen molar-refractivity contribution in [3.8, 4) is 0 Å². The second kappa shape index (κ2) is 6.74. The molecule has 1 heterocycles. The third-order valence-electron chi connectivity index (χ3n) is 2.44. The van der Waals surface area contributed by atoms with E-state index in [-0.39, 0.29) is 17.6 Å². The summed E-state index contributed by atoms with van der Waals surface area (Å²) in [5.41, 5.74) is 0.712. The highest BCUT2D eigenvalue weighted by Crippen LogP contribution is 2.22. The lowest BCUT2D eigenvalue weighted by Crippen LogP contribution is -2.16. The largest absolute Gasteiger partial charge is 0.367 e. The van der Waals surface area contributed by atoms with Crippen LogP contribution in [0.15, 0.2) is 30.6 Å². The SMILES string of the molecule is CC(C)Nc1cnc(C(=O)Nc2cc(Cl)cc(Cl)c2)cn1. The highest BCUT2D eigenvalue weighted by Gasteiger charge is 2.09. The molecule has 0 aliphatic heterocycles. The van der Waals surface area contributed by atoms with Crippen LogP contribution >= 0.6 is 23.2 Å². The molecular formula is C14H14Cl2N4O. The molecule has 0 atom stereocenters. The minimum Gasteiger partial charge on any atom is -0.367 e. The van der Waals surface area contributed by atoms with Crippen LogP contribution in [0.4, 0.5) is 11.5 Å². The van der Waals surface area contributed by atoms with E-state index in [4.69, 9.17) is 23.2 Å². The maximum Gasteiger partial charge on any atom is 0.275 e. The standard InChI is InChI=1S/C14H14Cl2N4O/c1-8(2)19-13-7-17-12(6-18-13)14(21)20-11-4-9(15)3-10(16)5-11/h3-8H,1-2H3,(H,18,19)(H,20,21). The molecule has 21 heavy (non-hydrogen) atoms. The Bertz CT molecular complexity index is 624. The van der Waals surface area contributed by atoms with Crippen LogP contribution in [0.25, 0.3) is 0 Å². The first-order valence-electron chi connectivity index (χ1n) is 6.30. The minimum absolute atomic E-state index is 0.209. The Kier molecular flexibility index (Phi) is 4.98. The molecule has 110 valence electrons. The van der Waals surface area contributed by atoms with E-state index in [1.165, 1.54) is 12.4 Å². The molecular weight excluding hydrogens is 311 g/mol. The summed E-state index contributed by atoms with van der Waals surface area (Å²) >= 11 is 11.8. The first kappa shape index (κ1) is 15.5. The highest BCUT2D eigenvalue weighted by molar-refractivity contribution is 6.35. The number of amides is 1. The third kappa shape index (κ3) is 4.58. The summed E-state index contributed by atoms with van der Waals surface area (Å²) in [5.74, 6) is 0.240. The van der Waals surface area contributed by atoms with Gasteiger partial charge in [-0.3, -0.25) is 4.79 Å². The molecule has 2 aromatic rings. The Balaban J connectivity index is 2.09. The molecule has 0 aliphatic carbocycles. The molecule has 5 nitrogen and oxygen atoms in total. The Morgan fingerprint density at radius 3 is 2.29 bits per heavy atom. The lowest BCUT2D eigenvalue weighted by Gasteiger charge is -2.09. The molecule has 1 aromatic heterocycles. The first-order chi connectivity index (χ1) is 9.94. The van der Waals surface area contributed by atoms with Gasteiger partial charge >= 0.3 is 0 Å². The summed E-state index contributed by atoms with van der Waals surface area (Å²) in [5, 5.41) is 6.65. The van der Waals surface area contributed by atoms with Crippen molar-refractivity contribution in [2.75, 3.05) is 10.6 Å². The molecule has 1 amide bonds. The van der Waals surface area contributed by atoms with Crippen molar-refractivity contribution in [1.82, 2.24) is 9.97 Å². The Morgan fingerprint density at radius 1 is 1.10 bits per heavy atom. The number of carbonyl (C=O) groups excluding carboxylic acids is 1. The van der Waals surface area contributed by atoms with Gasteiger partial charge < -0.3 is 10.6 Å². The smallest absolute Gasteiger partial charge is 0.275 e. The maximum atomic E-state index is 12.0. The number of hydrogen-bond acceptors (Lipinski definition) is 4. The normalized spacial score (nSPS) is 10.5. The summed E-state index contributed by atoms with van der Waals surface area (Å²) in [7, 11) is 0. The minimum atomic E-state index is -0.378. The van der Waals surface area contributed by atoms with E-state index in [1.54, 1.807) is 18.2 Å². The lowest BCUT2D eigenvalue weighted by molar-refractivity contribution is 0.102. The molecule has 0 radical (unpaired) electrons. The molecule has 1 aromatic carbocycles. The number of benzene rings is 1. The Labute approximate surface area is 132 Å². The maximum absolute atomic E-state index is 12.0. The number of nitrogens with one attached hydrogen (secondary N) is 2. The van der Waals surface area contributed by atoms with Crippen molar-refractivity contribution in [2.45, 2.75) is 19.9 Å². The second-order valence-electron chi connectivity index (χ2n) is 4.70. The Morgan fingerprint density at radius 2 is 1.76 bits per heavy atom. The topological polar surface area (TPSA) is 66.9 Å². The molecule has 7 heteroatoms. The van der Waals surface area contributed by atoms with E-state index in [9.17, 15) is 4.79 Å². The number of hydrogen-bond donors (Lipinski definition) is 2. The van der Waals surface area contributed by atoms with Crippen molar-refractivity contribution in [1.29, 1.82) is 0 Å². The quantitative estimate of drug-likeness (QED) is 0.896. The highest BCUT2D eigenvalue weighted by atomic mass is 35.5. The number of rotatable bonds is 4. The zero-order valence-electron chi connectivity index (χ0n) is 11.5. The van der Waals surface area contributed by atoms with Crippen LogP contribution in [-0.2, 0) is 0 Å². The molecule has 0 saturated carbocycles. The average Bonchev–Trinajstić information content (AvgIpc) is 2.37. The van der Waals surface area contributed by atoms with E-state index in [0.717, 1.165) is 0 Å². The van der Waals surface area contributed by atoms with E-state index in [0.29, 0.717) is 21.6 Å². The van der Waals surface area contributed by atoms with Crippen LogP contribution in [0.3, 0.4) is 0 Å². The zero-order valence-corrected chi connectivity index (χ0v) is 13.0. The fourth-order valence-electron chi connectivity index (χ4n) is 1.64. The van der Waals surface area contributed by atoms with Gasteiger partial charge in [0.1, 0.15) is 11.5 Å². The van der Waals surface area contributed by atoms with Gasteiger partial charge in [0.25, 0.3) is 5.91 Å². The van der Waals surface area contributed by atoms with Crippen LogP contribution < -0.4 is 10.6 Å². The number of aromatic nitrogens is 2. The number of carbonyl (C=O) groups is 1. The molecule has 0 bridgehead atoms. The summed E-state index contributed by atoms with van der Waals surface area (Å²) in [6.45, 7) is 3.98. The van der Waals surface area contributed by atoms with E-state index < -0.39 is 0 Å². The predicted octanol–water partition coefficient (Wildman–Crippen LogP) is 3.86. The average molecular weight is 325 g/mol. The molecule has 0 unspecified atom stereocenters. The van der Waals surface area contributed by atoms with E-state index in [1.807, 2.05) is 13.8 Å². The molecule has 2 rings (SSSR count). The zero-order chi connectivity index (χ0) is 15.4. The van der Waals surface area contributed by atoms with Gasteiger partial charge in [0.15, 0.2) is 0 Å². The van der Waals surface area contributed by atoms with Crippen LogP contribution in [-0.4, -0.2) is 21.9 Å². The first-order valence-corrected chi connectivity index (χ1v) is 7.05. The fraction of sp³-hybridized carbons (Fsp3) is 0.214. The van der Waals surface area contributed by atoms with E-state index >= 15 is 0 Å². The molecule has 0 fully saturated rings. The van der Waals surface area contributed by atoms with Crippen LogP contribution in [0, 0.1) is 0 Å². The van der Waals surface area contributed by atoms with Crippen LogP contribution in [0.1, 0.15) is 24.3 Å². The van der Waals surface area contributed by atoms with Crippen LogP contribution in [0.2, 0.25) is 10.0 Å². The van der Waals surface area contributed by atoms with Crippen molar-refractivity contribution >= 4 is 40.6 Å². The predicted molar refractivity (Wildman–Crippen MR) is 85.2 cm³/mol. The lowest BCUT2D eigenvalue weighted by atomic mass is 10.3. The molecule has 0 aliphatic rings. The van der Waals surface area contributed by atoms with Gasteiger partial charge in [0.2, 0.25) is 0 Å². The van der Waals surface area contributed by atoms with Crippen LogP contribution in [0.5, 0.6) is 0 Å². The van der Waals surface area contributed by atoms with Gasteiger partial charge in [-0.15, -0.1) is 0 Å². The van der Waals surface area contributed by atoms with Gasteiger partial charge in [-0.1, -0.05) is 23.2 Å². The Hall–Kier alpha value is -1.85. The monoisotopic (exact) mass is 324 g/mol. The summed E-state index contributed by atoms with van der Waals surface area (Å²) in [6.07, 6.45) is 2.92. The van der Waals surface area contributed by atoms with Gasteiger partial charge in [-0.2, -0.15) is 0 Å². The third-order valence-corrected chi connectivity index (χ3v) is 2.88. The number of anilines is 2. The number of nitrogens with zero attached hydrogens (tertiary/aromatic N) is 2. The van der Waals surface area contributed by atoms with Gasteiger partial charge in [-0.25, -0.2) is 9.97 Å². The van der Waals surface area contributed by atoms with Crippen molar-refractivity contribution in [3.05, 3.63) is 46.3 Å². The van der Waals surface area contributed by atoms with Gasteiger partial charge in [-0.05, 0) is 32.0 Å². The van der Waals surface area contributed by atoms with Crippen molar-refractivity contribution in [2.24, 2.45) is 0 Å². The second-order valence-corrected chi connectivity index (χ2v) is 5.57. The van der Waals surface area contributed by atoms with Gasteiger partial charge in [0, 0.05) is 21.8 Å². The fourth-order valence-corrected chi connectivity index (χ4v) is 2.16. The molecule has 2 N–H and O–H groups in total. The van der Waals surface area contributed by atoms with Gasteiger partial charge in [0.05, 0.1) is 12.4 Å². The molecule has 0 spiro atoms. The van der Waals surface area contributed by atoms with Crippen molar-refractivity contribution < 1.29 is 4.79 Å². The number of halogens is 2. The van der Waals surface area contributed by atoms with E-state index in [2.05, 4.69) is 20.6 Å². The summed E-state index contributed by atoms with van der Waals surface area (Å²) < 4.78 is 0.